The Morgan fingerprint density at radius 1 is 1.23 bits per heavy atom. The van der Waals surface area contributed by atoms with Crippen molar-refractivity contribution in [3.63, 3.8) is 0 Å². The number of nitrogens with zero attached hydrogens (tertiary/aromatic N) is 4. The fourth-order valence-electron chi connectivity index (χ4n) is 3.25. The number of amides is 1. The standard InChI is InChI=1S/C18H25N5O2S/c1-4-5-15-16(26-23-22-15)17(24)21-13-6-8-14(9-7-13)25-18-19-11(2)10-12(3)20-18/h10,13-14H,4-9H2,1-3H3,(H,21,24). The van der Waals surface area contributed by atoms with Crippen molar-refractivity contribution in [1.82, 2.24) is 24.9 Å². The van der Waals surface area contributed by atoms with Crippen molar-refractivity contribution in [2.75, 3.05) is 0 Å². The minimum absolute atomic E-state index is 0.0505. The highest BCUT2D eigenvalue weighted by atomic mass is 32.1. The Kier molecular flexibility index (Phi) is 6.13. The lowest BCUT2D eigenvalue weighted by Crippen LogP contribution is -2.39. The molecule has 0 radical (unpaired) electrons. The van der Waals surface area contributed by atoms with Gasteiger partial charge in [-0.1, -0.05) is 17.8 Å². The Morgan fingerprint density at radius 2 is 1.92 bits per heavy atom. The Labute approximate surface area is 157 Å². The molecule has 0 saturated heterocycles. The number of hydrogen-bond donors (Lipinski definition) is 1. The summed E-state index contributed by atoms with van der Waals surface area (Å²) in [5, 5.41) is 7.19. The van der Waals surface area contributed by atoms with Crippen LogP contribution in [0, 0.1) is 13.8 Å². The van der Waals surface area contributed by atoms with Crippen LogP contribution in [0.5, 0.6) is 6.01 Å². The summed E-state index contributed by atoms with van der Waals surface area (Å²) in [5.41, 5.74) is 2.63. The molecule has 1 saturated carbocycles. The topological polar surface area (TPSA) is 89.9 Å². The van der Waals surface area contributed by atoms with Gasteiger partial charge >= 0.3 is 6.01 Å². The molecule has 7 nitrogen and oxygen atoms in total. The predicted molar refractivity (Wildman–Crippen MR) is 99.5 cm³/mol. The number of aryl methyl sites for hydroxylation is 3. The average molecular weight is 375 g/mol. The smallest absolute Gasteiger partial charge is 0.317 e. The van der Waals surface area contributed by atoms with Gasteiger partial charge in [0.2, 0.25) is 0 Å². The molecule has 140 valence electrons. The summed E-state index contributed by atoms with van der Waals surface area (Å²) in [6.07, 6.45) is 5.37. The second-order valence-corrected chi connectivity index (χ2v) is 7.55. The van der Waals surface area contributed by atoms with Crippen LogP contribution in [-0.2, 0) is 6.42 Å². The van der Waals surface area contributed by atoms with Gasteiger partial charge in [0, 0.05) is 17.4 Å². The van der Waals surface area contributed by atoms with Gasteiger partial charge in [0.25, 0.3) is 5.91 Å². The second kappa shape index (κ2) is 8.53. The molecule has 2 aromatic rings. The summed E-state index contributed by atoms with van der Waals surface area (Å²) in [5.74, 6) is -0.0505. The molecule has 1 fully saturated rings. The predicted octanol–water partition coefficient (Wildman–Crippen LogP) is 3.02. The summed E-state index contributed by atoms with van der Waals surface area (Å²) in [6, 6.07) is 2.55. The van der Waals surface area contributed by atoms with Gasteiger partial charge in [-0.2, -0.15) is 0 Å². The van der Waals surface area contributed by atoms with Gasteiger partial charge in [-0.05, 0) is 63.6 Å². The van der Waals surface area contributed by atoms with Crippen molar-refractivity contribution >= 4 is 17.4 Å². The number of nitrogens with one attached hydrogen (secondary N) is 1. The van der Waals surface area contributed by atoms with Crippen LogP contribution in [0.3, 0.4) is 0 Å². The first kappa shape index (κ1) is 18.7. The van der Waals surface area contributed by atoms with Crippen LogP contribution in [0.15, 0.2) is 6.07 Å². The molecule has 2 heterocycles. The minimum atomic E-state index is -0.0505. The zero-order chi connectivity index (χ0) is 18.5. The van der Waals surface area contributed by atoms with Crippen LogP contribution in [0.25, 0.3) is 0 Å². The molecule has 0 bridgehead atoms. The summed E-state index contributed by atoms with van der Waals surface area (Å²) in [7, 11) is 0. The van der Waals surface area contributed by atoms with Gasteiger partial charge in [-0.3, -0.25) is 4.79 Å². The first-order valence-electron chi connectivity index (χ1n) is 9.16. The molecule has 8 heteroatoms. The van der Waals surface area contributed by atoms with Crippen molar-refractivity contribution in [3.05, 3.63) is 28.0 Å². The first-order chi connectivity index (χ1) is 12.5. The van der Waals surface area contributed by atoms with Crippen LogP contribution >= 0.6 is 11.5 Å². The van der Waals surface area contributed by atoms with E-state index in [-0.39, 0.29) is 18.1 Å². The van der Waals surface area contributed by atoms with E-state index in [9.17, 15) is 4.79 Å². The van der Waals surface area contributed by atoms with Crippen LogP contribution in [-0.4, -0.2) is 37.6 Å². The van der Waals surface area contributed by atoms with Gasteiger partial charge in [0.1, 0.15) is 11.0 Å². The van der Waals surface area contributed by atoms with Gasteiger partial charge in [-0.15, -0.1) is 5.10 Å². The lowest BCUT2D eigenvalue weighted by atomic mass is 9.93. The first-order valence-corrected chi connectivity index (χ1v) is 9.93. The number of carbonyl (C=O) groups excluding carboxylic acids is 1. The Morgan fingerprint density at radius 3 is 2.58 bits per heavy atom. The van der Waals surface area contributed by atoms with E-state index in [0.717, 1.165) is 55.6 Å². The van der Waals surface area contributed by atoms with Crippen molar-refractivity contribution in [3.8, 4) is 6.01 Å². The average Bonchev–Trinajstić information content (AvgIpc) is 3.04. The fraction of sp³-hybridized carbons (Fsp3) is 0.611. The molecule has 1 aliphatic rings. The van der Waals surface area contributed by atoms with Crippen molar-refractivity contribution in [2.45, 2.75) is 71.4 Å². The normalized spacial score (nSPS) is 20.0. The second-order valence-electron chi connectivity index (χ2n) is 6.80. The minimum Gasteiger partial charge on any atom is -0.460 e. The van der Waals surface area contributed by atoms with E-state index in [0.29, 0.717) is 10.9 Å². The number of aromatic nitrogens is 4. The third kappa shape index (κ3) is 4.75. The van der Waals surface area contributed by atoms with Crippen molar-refractivity contribution in [2.24, 2.45) is 0 Å². The molecule has 1 aliphatic carbocycles. The summed E-state index contributed by atoms with van der Waals surface area (Å²) < 4.78 is 9.87. The molecule has 0 atom stereocenters. The molecule has 0 aromatic carbocycles. The van der Waals surface area contributed by atoms with E-state index in [1.807, 2.05) is 19.9 Å². The summed E-state index contributed by atoms with van der Waals surface area (Å²) in [4.78, 5) is 21.8. The largest absolute Gasteiger partial charge is 0.460 e. The Balaban J connectivity index is 1.50. The van der Waals surface area contributed by atoms with Gasteiger partial charge in [-0.25, -0.2) is 9.97 Å². The summed E-state index contributed by atoms with van der Waals surface area (Å²) >= 11 is 1.18. The maximum atomic E-state index is 12.5. The van der Waals surface area contributed by atoms with E-state index in [1.165, 1.54) is 11.5 Å². The lowest BCUT2D eigenvalue weighted by molar-refractivity contribution is 0.0887. The van der Waals surface area contributed by atoms with Crippen LogP contribution in [0.4, 0.5) is 0 Å². The van der Waals surface area contributed by atoms with Crippen LogP contribution < -0.4 is 10.1 Å². The van der Waals surface area contributed by atoms with Gasteiger partial charge in [0.15, 0.2) is 0 Å². The zero-order valence-corrected chi connectivity index (χ0v) is 16.3. The monoisotopic (exact) mass is 375 g/mol. The number of carbonyl (C=O) groups is 1. The van der Waals surface area contributed by atoms with E-state index < -0.39 is 0 Å². The number of rotatable bonds is 6. The highest BCUT2D eigenvalue weighted by Gasteiger charge is 2.26. The fourth-order valence-corrected chi connectivity index (χ4v) is 3.86. The molecule has 1 amide bonds. The molecular weight excluding hydrogens is 350 g/mol. The quantitative estimate of drug-likeness (QED) is 0.835. The van der Waals surface area contributed by atoms with E-state index in [1.54, 1.807) is 0 Å². The van der Waals surface area contributed by atoms with Gasteiger partial charge in [0.05, 0.1) is 5.69 Å². The molecule has 0 aliphatic heterocycles. The highest BCUT2D eigenvalue weighted by molar-refractivity contribution is 7.08. The molecule has 0 unspecified atom stereocenters. The van der Waals surface area contributed by atoms with Gasteiger partial charge < -0.3 is 10.1 Å². The zero-order valence-electron chi connectivity index (χ0n) is 15.5. The highest BCUT2D eigenvalue weighted by Crippen LogP contribution is 2.23. The molecule has 26 heavy (non-hydrogen) atoms. The molecule has 3 rings (SSSR count). The number of hydrogen-bond acceptors (Lipinski definition) is 7. The molecule has 0 spiro atoms. The lowest BCUT2D eigenvalue weighted by Gasteiger charge is -2.28. The third-order valence-electron chi connectivity index (χ3n) is 4.49. The Bertz CT molecular complexity index is 736. The van der Waals surface area contributed by atoms with Crippen LogP contribution in [0.2, 0.25) is 0 Å². The number of ether oxygens (including phenoxy) is 1. The van der Waals surface area contributed by atoms with Crippen LogP contribution in [0.1, 0.15) is 65.8 Å². The molecular formula is C18H25N5O2S. The van der Waals surface area contributed by atoms with E-state index >= 15 is 0 Å². The molecule has 1 N–H and O–H groups in total. The van der Waals surface area contributed by atoms with E-state index in [4.69, 9.17) is 4.74 Å². The van der Waals surface area contributed by atoms with Crippen molar-refractivity contribution < 1.29 is 9.53 Å². The van der Waals surface area contributed by atoms with Crippen molar-refractivity contribution in [1.29, 1.82) is 0 Å². The van der Waals surface area contributed by atoms with E-state index in [2.05, 4.69) is 31.8 Å². The molecule has 2 aromatic heterocycles. The maximum Gasteiger partial charge on any atom is 0.317 e. The summed E-state index contributed by atoms with van der Waals surface area (Å²) in [6.45, 7) is 5.95. The third-order valence-corrected chi connectivity index (χ3v) is 5.26. The Hall–Kier alpha value is -2.09. The maximum absolute atomic E-state index is 12.5. The SMILES string of the molecule is CCCc1nnsc1C(=O)NC1CCC(Oc2nc(C)cc(C)n2)CC1.